The second-order valence-electron chi connectivity index (χ2n) is 2.71. The van der Waals surface area contributed by atoms with Crippen LogP contribution in [0.1, 0.15) is 5.56 Å². The topological polar surface area (TPSA) is 56.7 Å². The van der Waals surface area contributed by atoms with E-state index in [1.165, 1.54) is 0 Å². The van der Waals surface area contributed by atoms with Gasteiger partial charge in [-0.3, -0.25) is 4.98 Å². The fraction of sp³-hybridized carbons (Fsp3) is 0. The molecule has 0 atom stereocenters. The minimum Gasteiger partial charge on any atom is -0.389 e. The Kier molecular flexibility index (Phi) is 2.24. The first kappa shape index (κ1) is 8.83. The third-order valence-corrected chi connectivity index (χ3v) is 2.04. The van der Waals surface area contributed by atoms with Crippen molar-refractivity contribution in [3.63, 3.8) is 0 Å². The summed E-state index contributed by atoms with van der Waals surface area (Å²) in [6.07, 6.45) is 6.85. The minimum absolute atomic E-state index is 0.345. The molecular formula is C9H8N4S. The predicted molar refractivity (Wildman–Crippen MR) is 57.2 cm³/mol. The van der Waals surface area contributed by atoms with E-state index >= 15 is 0 Å². The summed E-state index contributed by atoms with van der Waals surface area (Å²) in [6, 6.07) is 3.61. The summed E-state index contributed by atoms with van der Waals surface area (Å²) in [5.41, 5.74) is 7.16. The van der Waals surface area contributed by atoms with Crippen LogP contribution in [0.5, 0.6) is 0 Å². The van der Waals surface area contributed by atoms with Gasteiger partial charge in [-0.15, -0.1) is 0 Å². The van der Waals surface area contributed by atoms with Crippen molar-refractivity contribution in [2.24, 2.45) is 5.73 Å². The molecule has 0 unspecified atom stereocenters. The fourth-order valence-corrected chi connectivity index (χ4v) is 1.36. The molecule has 0 saturated carbocycles. The number of rotatable bonds is 2. The van der Waals surface area contributed by atoms with E-state index in [0.29, 0.717) is 4.99 Å². The molecule has 14 heavy (non-hydrogen) atoms. The molecule has 4 nitrogen and oxygen atoms in total. The number of pyridine rings is 1. The van der Waals surface area contributed by atoms with E-state index in [4.69, 9.17) is 18.0 Å². The molecule has 2 N–H and O–H groups in total. The van der Waals surface area contributed by atoms with Crippen molar-refractivity contribution in [2.75, 3.05) is 0 Å². The second-order valence-corrected chi connectivity index (χ2v) is 3.15. The van der Waals surface area contributed by atoms with Crippen molar-refractivity contribution in [3.05, 3.63) is 42.5 Å². The molecule has 0 spiro atoms. The maximum Gasteiger partial charge on any atom is 0.106 e. The van der Waals surface area contributed by atoms with Crippen LogP contribution in [-0.4, -0.2) is 19.8 Å². The van der Waals surface area contributed by atoms with Crippen LogP contribution < -0.4 is 5.73 Å². The molecule has 0 aliphatic rings. The van der Waals surface area contributed by atoms with Gasteiger partial charge in [0.25, 0.3) is 0 Å². The monoisotopic (exact) mass is 204 g/mol. The first-order valence-electron chi connectivity index (χ1n) is 4.03. The minimum atomic E-state index is 0.345. The van der Waals surface area contributed by atoms with Gasteiger partial charge < -0.3 is 5.73 Å². The van der Waals surface area contributed by atoms with E-state index in [1.54, 1.807) is 29.3 Å². The van der Waals surface area contributed by atoms with E-state index in [1.807, 2.05) is 12.3 Å². The van der Waals surface area contributed by atoms with Gasteiger partial charge >= 0.3 is 0 Å². The third kappa shape index (κ3) is 1.49. The fourth-order valence-electron chi connectivity index (χ4n) is 1.19. The summed E-state index contributed by atoms with van der Waals surface area (Å²) >= 11 is 4.93. The zero-order chi connectivity index (χ0) is 9.97. The van der Waals surface area contributed by atoms with Gasteiger partial charge in [0.1, 0.15) is 4.99 Å². The SMILES string of the molecule is NC(=S)c1ccncc1-n1cccn1. The van der Waals surface area contributed by atoms with Crippen LogP contribution in [0.25, 0.3) is 5.69 Å². The normalized spacial score (nSPS) is 10.0. The van der Waals surface area contributed by atoms with Crippen LogP contribution in [0.2, 0.25) is 0 Å². The number of nitrogens with zero attached hydrogens (tertiary/aromatic N) is 3. The largest absolute Gasteiger partial charge is 0.389 e. The Morgan fingerprint density at radius 1 is 1.43 bits per heavy atom. The molecule has 2 heterocycles. The average Bonchev–Trinajstić information content (AvgIpc) is 2.70. The Labute approximate surface area is 86.4 Å². The molecule has 0 saturated heterocycles. The standard InChI is InChI=1S/C9H8N4S/c10-9(14)7-2-4-11-6-8(7)13-5-1-3-12-13/h1-6H,(H2,10,14). The van der Waals surface area contributed by atoms with Crippen LogP contribution in [0, 0.1) is 0 Å². The van der Waals surface area contributed by atoms with Gasteiger partial charge in [0, 0.05) is 24.2 Å². The summed E-state index contributed by atoms with van der Waals surface area (Å²) in [5, 5.41) is 4.09. The number of hydrogen-bond acceptors (Lipinski definition) is 3. The lowest BCUT2D eigenvalue weighted by atomic mass is 10.2. The molecule has 2 rings (SSSR count). The summed E-state index contributed by atoms with van der Waals surface area (Å²) in [7, 11) is 0. The number of hydrogen-bond donors (Lipinski definition) is 1. The highest BCUT2D eigenvalue weighted by molar-refractivity contribution is 7.80. The van der Waals surface area contributed by atoms with Gasteiger partial charge in [-0.1, -0.05) is 12.2 Å². The highest BCUT2D eigenvalue weighted by Gasteiger charge is 2.06. The van der Waals surface area contributed by atoms with Crippen molar-refractivity contribution in [1.82, 2.24) is 14.8 Å². The molecule has 0 amide bonds. The zero-order valence-corrected chi connectivity index (χ0v) is 8.11. The molecule has 2 aromatic rings. The van der Waals surface area contributed by atoms with E-state index in [-0.39, 0.29) is 0 Å². The lowest BCUT2D eigenvalue weighted by Gasteiger charge is -2.06. The quantitative estimate of drug-likeness (QED) is 0.738. The van der Waals surface area contributed by atoms with Crippen molar-refractivity contribution >= 4 is 17.2 Å². The number of thiocarbonyl (C=S) groups is 1. The smallest absolute Gasteiger partial charge is 0.106 e. The van der Waals surface area contributed by atoms with E-state index in [2.05, 4.69) is 10.1 Å². The molecule has 2 aromatic heterocycles. The highest BCUT2D eigenvalue weighted by Crippen LogP contribution is 2.11. The molecule has 70 valence electrons. The van der Waals surface area contributed by atoms with Crippen molar-refractivity contribution in [2.45, 2.75) is 0 Å². The van der Waals surface area contributed by atoms with Gasteiger partial charge in [0.05, 0.1) is 11.9 Å². The van der Waals surface area contributed by atoms with Crippen LogP contribution in [-0.2, 0) is 0 Å². The zero-order valence-electron chi connectivity index (χ0n) is 7.29. The Balaban J connectivity index is 2.58. The molecule has 0 aliphatic heterocycles. The van der Waals surface area contributed by atoms with Crippen LogP contribution >= 0.6 is 12.2 Å². The average molecular weight is 204 g/mol. The summed E-state index contributed by atoms with van der Waals surface area (Å²) in [4.78, 5) is 4.35. The number of aromatic nitrogens is 3. The van der Waals surface area contributed by atoms with Gasteiger partial charge in [0.15, 0.2) is 0 Å². The summed E-state index contributed by atoms with van der Waals surface area (Å²) in [6.45, 7) is 0. The Morgan fingerprint density at radius 2 is 2.29 bits per heavy atom. The van der Waals surface area contributed by atoms with Gasteiger partial charge in [-0.2, -0.15) is 5.10 Å². The highest BCUT2D eigenvalue weighted by atomic mass is 32.1. The summed E-state index contributed by atoms with van der Waals surface area (Å²) < 4.78 is 1.68. The molecule has 0 fully saturated rings. The maximum absolute atomic E-state index is 5.58. The van der Waals surface area contributed by atoms with Gasteiger partial charge in [-0.25, -0.2) is 4.68 Å². The molecule has 0 radical (unpaired) electrons. The van der Waals surface area contributed by atoms with Crippen molar-refractivity contribution in [1.29, 1.82) is 0 Å². The van der Waals surface area contributed by atoms with Crippen LogP contribution in [0.3, 0.4) is 0 Å². The van der Waals surface area contributed by atoms with E-state index in [9.17, 15) is 0 Å². The molecule has 5 heteroatoms. The van der Waals surface area contributed by atoms with Gasteiger partial charge in [-0.05, 0) is 12.1 Å². The lowest BCUT2D eigenvalue weighted by molar-refractivity contribution is 0.872. The molecule has 0 aromatic carbocycles. The van der Waals surface area contributed by atoms with Crippen LogP contribution in [0.4, 0.5) is 0 Å². The number of nitrogens with two attached hydrogens (primary N) is 1. The first-order chi connectivity index (χ1) is 6.79. The molecule has 0 bridgehead atoms. The van der Waals surface area contributed by atoms with E-state index < -0.39 is 0 Å². The van der Waals surface area contributed by atoms with Crippen LogP contribution in [0.15, 0.2) is 36.9 Å². The Morgan fingerprint density at radius 3 is 2.93 bits per heavy atom. The van der Waals surface area contributed by atoms with Crippen molar-refractivity contribution < 1.29 is 0 Å². The second kappa shape index (κ2) is 3.55. The lowest BCUT2D eigenvalue weighted by Crippen LogP contribution is -2.13. The maximum atomic E-state index is 5.58. The van der Waals surface area contributed by atoms with Gasteiger partial charge in [0.2, 0.25) is 0 Å². The predicted octanol–water partition coefficient (Wildman–Crippen LogP) is 0.901. The summed E-state index contributed by atoms with van der Waals surface area (Å²) in [5.74, 6) is 0. The Hall–Kier alpha value is -1.75. The van der Waals surface area contributed by atoms with Crippen molar-refractivity contribution in [3.8, 4) is 5.69 Å². The third-order valence-electron chi connectivity index (χ3n) is 1.82. The Bertz CT molecular complexity index is 450. The molecule has 0 aliphatic carbocycles. The molecular weight excluding hydrogens is 196 g/mol. The van der Waals surface area contributed by atoms with E-state index in [0.717, 1.165) is 11.3 Å². The first-order valence-corrected chi connectivity index (χ1v) is 4.43.